The molecule has 1 unspecified atom stereocenters. The van der Waals surface area contributed by atoms with Crippen molar-refractivity contribution in [3.8, 4) is 11.5 Å². The topological polar surface area (TPSA) is 67.9 Å². The highest BCUT2D eigenvalue weighted by atomic mass is 19.1. The van der Waals surface area contributed by atoms with Gasteiger partial charge in [0.05, 0.1) is 0 Å². The first-order valence-corrected chi connectivity index (χ1v) is 8.95. The second-order valence-corrected chi connectivity index (χ2v) is 6.69. The van der Waals surface area contributed by atoms with Crippen LogP contribution in [0.4, 0.5) is 14.5 Å². The van der Waals surface area contributed by atoms with Gasteiger partial charge in [0, 0.05) is 24.8 Å². The summed E-state index contributed by atoms with van der Waals surface area (Å²) in [6.45, 7) is 0.795. The summed E-state index contributed by atoms with van der Waals surface area (Å²) >= 11 is 0. The first kappa shape index (κ1) is 18.2. The molecule has 0 bridgehead atoms. The van der Waals surface area contributed by atoms with Crippen LogP contribution >= 0.6 is 0 Å². The minimum Gasteiger partial charge on any atom is -0.454 e. The number of hydrogen-bond acceptors (Lipinski definition) is 4. The smallest absolute Gasteiger partial charge is 0.239 e. The molecule has 2 aliphatic rings. The maximum Gasteiger partial charge on any atom is 0.239 e. The quantitative estimate of drug-likeness (QED) is 0.799. The lowest BCUT2D eigenvalue weighted by Crippen LogP contribution is -2.37. The van der Waals surface area contributed by atoms with Crippen LogP contribution in [0.25, 0.3) is 0 Å². The van der Waals surface area contributed by atoms with Gasteiger partial charge in [-0.05, 0) is 42.7 Å². The molecular weight excluding hydrogens is 370 g/mol. The van der Waals surface area contributed by atoms with E-state index in [-0.39, 0.29) is 24.9 Å². The highest BCUT2D eigenvalue weighted by molar-refractivity contribution is 6.09. The number of amides is 2. The second-order valence-electron chi connectivity index (χ2n) is 6.69. The Labute approximate surface area is 160 Å². The lowest BCUT2D eigenvalue weighted by molar-refractivity contribution is -0.132. The Morgan fingerprint density at radius 2 is 1.86 bits per heavy atom. The lowest BCUT2D eigenvalue weighted by atomic mass is 10.1. The number of nitrogens with one attached hydrogen (secondary N) is 1. The number of hydrogen-bond donors (Lipinski definition) is 1. The highest BCUT2D eigenvalue weighted by Gasteiger charge is 2.37. The summed E-state index contributed by atoms with van der Waals surface area (Å²) in [5, 5.41) is 2.76. The SMILES string of the molecule is O=C(NCCc1ccc2c(c1)OCO2)C1CCN(c2cc(F)cc(F)c2)C1=O. The van der Waals surface area contributed by atoms with Gasteiger partial charge in [-0.25, -0.2) is 8.78 Å². The van der Waals surface area contributed by atoms with Gasteiger partial charge in [-0.2, -0.15) is 0 Å². The van der Waals surface area contributed by atoms with Crippen molar-refractivity contribution in [2.75, 3.05) is 24.8 Å². The molecule has 2 amide bonds. The summed E-state index contributed by atoms with van der Waals surface area (Å²) in [5.74, 6) is -1.86. The number of halogens is 2. The molecule has 2 aliphatic heterocycles. The van der Waals surface area contributed by atoms with Crippen molar-refractivity contribution in [2.45, 2.75) is 12.8 Å². The van der Waals surface area contributed by atoms with Gasteiger partial charge in [0.25, 0.3) is 0 Å². The zero-order valence-electron chi connectivity index (χ0n) is 14.9. The van der Waals surface area contributed by atoms with Crippen LogP contribution in [0, 0.1) is 17.6 Å². The summed E-state index contributed by atoms with van der Waals surface area (Å²) in [5.41, 5.74) is 1.09. The van der Waals surface area contributed by atoms with E-state index in [1.165, 1.54) is 4.90 Å². The van der Waals surface area contributed by atoms with Crippen LogP contribution in [0.5, 0.6) is 11.5 Å². The van der Waals surface area contributed by atoms with Crippen LogP contribution in [-0.2, 0) is 16.0 Å². The van der Waals surface area contributed by atoms with Crippen LogP contribution in [0.1, 0.15) is 12.0 Å². The van der Waals surface area contributed by atoms with Crippen molar-refractivity contribution in [1.82, 2.24) is 5.32 Å². The van der Waals surface area contributed by atoms with Crippen LogP contribution in [-0.4, -0.2) is 31.7 Å². The Morgan fingerprint density at radius 3 is 2.64 bits per heavy atom. The molecule has 8 heteroatoms. The second kappa shape index (κ2) is 7.46. The van der Waals surface area contributed by atoms with Crippen LogP contribution in [0.3, 0.4) is 0 Å². The van der Waals surface area contributed by atoms with Crippen molar-refractivity contribution in [2.24, 2.45) is 5.92 Å². The third-order valence-electron chi connectivity index (χ3n) is 4.83. The van der Waals surface area contributed by atoms with E-state index in [2.05, 4.69) is 5.32 Å². The van der Waals surface area contributed by atoms with E-state index in [4.69, 9.17) is 9.47 Å². The Kier molecular flexibility index (Phi) is 4.85. The number of rotatable bonds is 5. The molecule has 2 aromatic rings. The number of ether oxygens (including phenoxy) is 2. The summed E-state index contributed by atoms with van der Waals surface area (Å²) in [6.07, 6.45) is 0.870. The fraction of sp³-hybridized carbons (Fsp3) is 0.300. The Morgan fingerprint density at radius 1 is 1.11 bits per heavy atom. The summed E-state index contributed by atoms with van der Waals surface area (Å²) in [4.78, 5) is 26.2. The average molecular weight is 388 g/mol. The Bertz CT molecular complexity index is 914. The molecule has 0 saturated carbocycles. The Balaban J connectivity index is 1.33. The highest BCUT2D eigenvalue weighted by Crippen LogP contribution is 2.32. The van der Waals surface area contributed by atoms with Crippen molar-refractivity contribution in [1.29, 1.82) is 0 Å². The van der Waals surface area contributed by atoms with Crippen molar-refractivity contribution in [3.63, 3.8) is 0 Å². The first-order valence-electron chi connectivity index (χ1n) is 8.95. The van der Waals surface area contributed by atoms with Gasteiger partial charge in [-0.3, -0.25) is 9.59 Å². The molecule has 28 heavy (non-hydrogen) atoms. The maximum absolute atomic E-state index is 13.4. The molecule has 1 fully saturated rings. The van der Waals surface area contributed by atoms with E-state index < -0.39 is 23.5 Å². The van der Waals surface area contributed by atoms with E-state index in [0.29, 0.717) is 30.9 Å². The molecule has 146 valence electrons. The minimum atomic E-state index is -0.858. The summed E-state index contributed by atoms with van der Waals surface area (Å²) < 4.78 is 37.4. The predicted octanol–water partition coefficient (Wildman–Crippen LogP) is 2.41. The van der Waals surface area contributed by atoms with E-state index in [0.717, 1.165) is 23.8 Å². The third-order valence-corrected chi connectivity index (χ3v) is 4.83. The van der Waals surface area contributed by atoms with Crippen LogP contribution < -0.4 is 19.7 Å². The number of benzene rings is 2. The summed E-state index contributed by atoms with van der Waals surface area (Å²) in [7, 11) is 0. The van der Waals surface area contributed by atoms with E-state index >= 15 is 0 Å². The Hall–Kier alpha value is -3.16. The molecule has 0 aromatic heterocycles. The molecule has 2 heterocycles. The summed E-state index contributed by atoms with van der Waals surface area (Å²) in [6, 6.07) is 8.47. The van der Waals surface area contributed by atoms with Gasteiger partial charge in [-0.15, -0.1) is 0 Å². The zero-order valence-corrected chi connectivity index (χ0v) is 14.9. The fourth-order valence-electron chi connectivity index (χ4n) is 3.42. The van der Waals surface area contributed by atoms with Crippen LogP contribution in [0.2, 0.25) is 0 Å². The normalized spacial score (nSPS) is 17.9. The molecule has 2 aromatic carbocycles. The van der Waals surface area contributed by atoms with Gasteiger partial charge in [0.15, 0.2) is 11.5 Å². The molecule has 1 atom stereocenters. The minimum absolute atomic E-state index is 0.123. The van der Waals surface area contributed by atoms with Gasteiger partial charge in [0.1, 0.15) is 17.6 Å². The standard InChI is InChI=1S/C20H18F2N2O4/c21-13-8-14(22)10-15(9-13)24-6-4-16(20(24)26)19(25)23-5-3-12-1-2-17-18(7-12)28-11-27-17/h1-2,7-10,16H,3-6,11H2,(H,23,25). The molecular formula is C20H18F2N2O4. The van der Waals surface area contributed by atoms with Gasteiger partial charge in [0.2, 0.25) is 18.6 Å². The number of carbonyl (C=O) groups excluding carboxylic acids is 2. The molecule has 6 nitrogen and oxygen atoms in total. The van der Waals surface area contributed by atoms with Crippen LogP contribution in [0.15, 0.2) is 36.4 Å². The van der Waals surface area contributed by atoms with Crippen molar-refractivity contribution < 1.29 is 27.8 Å². The molecule has 0 radical (unpaired) electrons. The number of carbonyl (C=O) groups is 2. The lowest BCUT2D eigenvalue weighted by Gasteiger charge is -2.17. The zero-order chi connectivity index (χ0) is 19.7. The molecule has 1 N–H and O–H groups in total. The van der Waals surface area contributed by atoms with Gasteiger partial charge >= 0.3 is 0 Å². The largest absolute Gasteiger partial charge is 0.454 e. The molecule has 0 spiro atoms. The number of nitrogens with zero attached hydrogens (tertiary/aromatic N) is 1. The fourth-order valence-corrected chi connectivity index (χ4v) is 3.42. The predicted molar refractivity (Wildman–Crippen MR) is 96.1 cm³/mol. The van der Waals surface area contributed by atoms with Gasteiger partial charge < -0.3 is 19.7 Å². The number of fused-ring (bicyclic) bond motifs is 1. The average Bonchev–Trinajstić information content (AvgIpc) is 3.26. The van der Waals surface area contributed by atoms with Crippen molar-refractivity contribution >= 4 is 17.5 Å². The van der Waals surface area contributed by atoms with E-state index in [1.807, 2.05) is 18.2 Å². The maximum atomic E-state index is 13.4. The molecule has 0 aliphatic carbocycles. The van der Waals surface area contributed by atoms with Gasteiger partial charge in [-0.1, -0.05) is 6.07 Å². The third kappa shape index (κ3) is 3.62. The first-order chi connectivity index (χ1) is 13.5. The molecule has 1 saturated heterocycles. The monoisotopic (exact) mass is 388 g/mol. The van der Waals surface area contributed by atoms with Crippen molar-refractivity contribution in [3.05, 3.63) is 53.6 Å². The van der Waals surface area contributed by atoms with E-state index in [9.17, 15) is 18.4 Å². The molecule has 4 rings (SSSR count). The van der Waals surface area contributed by atoms with E-state index in [1.54, 1.807) is 0 Å². The number of anilines is 1.